The highest BCUT2D eigenvalue weighted by Gasteiger charge is 2.16. The molecule has 0 aliphatic heterocycles. The second kappa shape index (κ2) is 4.90. The normalized spacial score (nSPS) is 12.7. The van der Waals surface area contributed by atoms with Crippen molar-refractivity contribution in [2.45, 2.75) is 13.0 Å². The van der Waals surface area contributed by atoms with Crippen molar-refractivity contribution >= 4 is 11.6 Å². The lowest BCUT2D eigenvalue weighted by molar-refractivity contribution is 0.639. The average molecular weight is 250 g/mol. The van der Waals surface area contributed by atoms with Crippen molar-refractivity contribution in [2.75, 3.05) is 7.05 Å². The Morgan fingerprint density at radius 2 is 2.12 bits per heavy atom. The largest absolute Gasteiger partial charge is 0.308 e. The molecule has 17 heavy (non-hydrogen) atoms. The summed E-state index contributed by atoms with van der Waals surface area (Å²) >= 11 is 5.97. The Labute approximate surface area is 106 Å². The molecule has 0 bridgehead atoms. The van der Waals surface area contributed by atoms with Crippen LogP contribution in [0.25, 0.3) is 0 Å². The summed E-state index contributed by atoms with van der Waals surface area (Å²) in [6, 6.07) is 8.07. The van der Waals surface area contributed by atoms with Crippen molar-refractivity contribution in [3.63, 3.8) is 0 Å². The molecule has 1 N–H and O–H groups in total. The third-order valence-corrected chi connectivity index (χ3v) is 3.10. The van der Waals surface area contributed by atoms with Gasteiger partial charge in [-0.05, 0) is 43.3 Å². The van der Waals surface area contributed by atoms with Gasteiger partial charge in [0.2, 0.25) is 0 Å². The molecule has 1 atom stereocenters. The van der Waals surface area contributed by atoms with Gasteiger partial charge in [-0.15, -0.1) is 0 Å². The lowest BCUT2D eigenvalue weighted by atomic mass is 9.99. The number of hydrogen-bond donors (Lipinski definition) is 1. The molecule has 0 spiro atoms. The number of aromatic nitrogens is 2. The van der Waals surface area contributed by atoms with E-state index in [-0.39, 0.29) is 6.04 Å². The maximum absolute atomic E-state index is 5.97. The number of halogens is 1. The van der Waals surface area contributed by atoms with Crippen LogP contribution in [0.15, 0.2) is 30.5 Å². The van der Waals surface area contributed by atoms with Crippen molar-refractivity contribution in [1.82, 2.24) is 15.1 Å². The molecule has 0 amide bonds. The van der Waals surface area contributed by atoms with Crippen LogP contribution < -0.4 is 5.32 Å². The SMILES string of the molecule is CNC(c1ccn(C)n1)c1ccc(Cl)cc1C. The third kappa shape index (κ3) is 2.51. The molecular weight excluding hydrogens is 234 g/mol. The van der Waals surface area contributed by atoms with Crippen LogP contribution in [0.1, 0.15) is 22.9 Å². The van der Waals surface area contributed by atoms with E-state index < -0.39 is 0 Å². The molecule has 1 heterocycles. The molecule has 0 saturated carbocycles. The number of hydrogen-bond acceptors (Lipinski definition) is 2. The first kappa shape index (κ1) is 12.1. The van der Waals surface area contributed by atoms with Crippen LogP contribution in [0.2, 0.25) is 5.02 Å². The second-order valence-electron chi connectivity index (χ2n) is 4.14. The highest BCUT2D eigenvalue weighted by atomic mass is 35.5. The van der Waals surface area contributed by atoms with Crippen LogP contribution in [0.4, 0.5) is 0 Å². The number of aryl methyl sites for hydroxylation is 2. The van der Waals surface area contributed by atoms with Gasteiger partial charge in [0.25, 0.3) is 0 Å². The summed E-state index contributed by atoms with van der Waals surface area (Å²) in [7, 11) is 3.86. The molecule has 1 aromatic carbocycles. The highest BCUT2D eigenvalue weighted by molar-refractivity contribution is 6.30. The fraction of sp³-hybridized carbons (Fsp3) is 0.308. The molecule has 2 aromatic rings. The summed E-state index contributed by atoms with van der Waals surface area (Å²) in [6.45, 7) is 2.06. The zero-order valence-electron chi connectivity index (χ0n) is 10.2. The summed E-state index contributed by atoms with van der Waals surface area (Å²) in [5.74, 6) is 0. The van der Waals surface area contributed by atoms with Gasteiger partial charge >= 0.3 is 0 Å². The lowest BCUT2D eigenvalue weighted by Crippen LogP contribution is -2.19. The molecule has 2 rings (SSSR count). The number of nitrogens with zero attached hydrogens (tertiary/aromatic N) is 2. The van der Waals surface area contributed by atoms with Gasteiger partial charge in [-0.25, -0.2) is 0 Å². The zero-order chi connectivity index (χ0) is 12.4. The number of rotatable bonds is 3. The second-order valence-corrected chi connectivity index (χ2v) is 4.57. The quantitative estimate of drug-likeness (QED) is 0.907. The first-order valence-corrected chi connectivity index (χ1v) is 5.92. The van der Waals surface area contributed by atoms with E-state index in [1.807, 2.05) is 49.2 Å². The summed E-state index contributed by atoms with van der Waals surface area (Å²) in [6.07, 6.45) is 1.95. The predicted molar refractivity (Wildman–Crippen MR) is 70.3 cm³/mol. The fourth-order valence-electron chi connectivity index (χ4n) is 2.01. The first-order valence-electron chi connectivity index (χ1n) is 5.54. The average Bonchev–Trinajstić information content (AvgIpc) is 2.69. The van der Waals surface area contributed by atoms with Gasteiger partial charge in [-0.1, -0.05) is 17.7 Å². The molecule has 3 nitrogen and oxygen atoms in total. The minimum Gasteiger partial charge on any atom is -0.308 e. The Bertz CT molecular complexity index is 519. The molecule has 0 saturated heterocycles. The van der Waals surface area contributed by atoms with Gasteiger partial charge in [-0.2, -0.15) is 5.10 Å². The molecule has 1 unspecified atom stereocenters. The predicted octanol–water partition coefficient (Wildman–Crippen LogP) is 2.69. The minimum absolute atomic E-state index is 0.105. The van der Waals surface area contributed by atoms with Gasteiger partial charge < -0.3 is 5.32 Å². The van der Waals surface area contributed by atoms with Crippen LogP contribution in [0, 0.1) is 6.92 Å². The van der Waals surface area contributed by atoms with Crippen molar-refractivity contribution < 1.29 is 0 Å². The molecule has 4 heteroatoms. The van der Waals surface area contributed by atoms with Gasteiger partial charge in [0, 0.05) is 18.3 Å². The Hall–Kier alpha value is -1.32. The Balaban J connectivity index is 2.42. The Morgan fingerprint density at radius 1 is 1.35 bits per heavy atom. The molecule has 0 fully saturated rings. The summed E-state index contributed by atoms with van der Waals surface area (Å²) in [5, 5.41) is 8.50. The zero-order valence-corrected chi connectivity index (χ0v) is 11.0. The van der Waals surface area contributed by atoms with E-state index in [9.17, 15) is 0 Å². The lowest BCUT2D eigenvalue weighted by Gasteiger charge is -2.17. The molecule has 1 aromatic heterocycles. The van der Waals surface area contributed by atoms with E-state index in [0.717, 1.165) is 10.7 Å². The third-order valence-electron chi connectivity index (χ3n) is 2.86. The van der Waals surface area contributed by atoms with E-state index in [4.69, 9.17) is 11.6 Å². The van der Waals surface area contributed by atoms with Crippen LogP contribution >= 0.6 is 11.6 Å². The van der Waals surface area contributed by atoms with Crippen molar-refractivity contribution in [3.8, 4) is 0 Å². The molecule has 0 aliphatic rings. The fourth-order valence-corrected chi connectivity index (χ4v) is 2.24. The maximum atomic E-state index is 5.97. The van der Waals surface area contributed by atoms with E-state index in [0.29, 0.717) is 0 Å². The maximum Gasteiger partial charge on any atom is 0.0839 e. The summed E-state index contributed by atoms with van der Waals surface area (Å²) in [5.41, 5.74) is 3.39. The van der Waals surface area contributed by atoms with Crippen LogP contribution in [-0.4, -0.2) is 16.8 Å². The van der Waals surface area contributed by atoms with Gasteiger partial charge in [0.15, 0.2) is 0 Å². The molecular formula is C13H16ClN3. The van der Waals surface area contributed by atoms with E-state index in [2.05, 4.69) is 17.3 Å². The van der Waals surface area contributed by atoms with Crippen LogP contribution in [0.5, 0.6) is 0 Å². The number of benzene rings is 1. The van der Waals surface area contributed by atoms with E-state index >= 15 is 0 Å². The molecule has 0 radical (unpaired) electrons. The highest BCUT2D eigenvalue weighted by Crippen LogP contribution is 2.25. The van der Waals surface area contributed by atoms with Gasteiger partial charge in [0.1, 0.15) is 0 Å². The van der Waals surface area contributed by atoms with Gasteiger partial charge in [-0.3, -0.25) is 4.68 Å². The number of nitrogens with one attached hydrogen (secondary N) is 1. The topological polar surface area (TPSA) is 29.9 Å². The summed E-state index contributed by atoms with van der Waals surface area (Å²) < 4.78 is 1.81. The monoisotopic (exact) mass is 249 g/mol. The van der Waals surface area contributed by atoms with Crippen molar-refractivity contribution in [2.24, 2.45) is 7.05 Å². The Kier molecular flexibility index (Phi) is 3.50. The van der Waals surface area contributed by atoms with E-state index in [1.165, 1.54) is 11.1 Å². The van der Waals surface area contributed by atoms with Crippen molar-refractivity contribution in [1.29, 1.82) is 0 Å². The summed E-state index contributed by atoms with van der Waals surface area (Å²) in [4.78, 5) is 0. The van der Waals surface area contributed by atoms with E-state index in [1.54, 1.807) is 0 Å². The van der Waals surface area contributed by atoms with Crippen LogP contribution in [-0.2, 0) is 7.05 Å². The van der Waals surface area contributed by atoms with Crippen molar-refractivity contribution in [3.05, 3.63) is 52.3 Å². The first-order chi connectivity index (χ1) is 8.11. The molecule has 0 aliphatic carbocycles. The minimum atomic E-state index is 0.105. The van der Waals surface area contributed by atoms with Gasteiger partial charge in [0.05, 0.1) is 11.7 Å². The van der Waals surface area contributed by atoms with Crippen LogP contribution in [0.3, 0.4) is 0 Å². The molecule has 90 valence electrons. The Morgan fingerprint density at radius 3 is 2.65 bits per heavy atom. The standard InChI is InChI=1S/C13H16ClN3/c1-9-8-10(14)4-5-11(9)13(15-2)12-6-7-17(3)16-12/h4-8,13,15H,1-3H3. The smallest absolute Gasteiger partial charge is 0.0839 e.